The van der Waals surface area contributed by atoms with E-state index < -0.39 is 6.67 Å². The highest BCUT2D eigenvalue weighted by Crippen LogP contribution is 2.38. The minimum atomic E-state index is -0.467. The summed E-state index contributed by atoms with van der Waals surface area (Å²) in [6.07, 6.45) is 6.53. The molecule has 1 aromatic rings. The molecule has 2 fully saturated rings. The minimum absolute atomic E-state index is 0.210. The van der Waals surface area contributed by atoms with E-state index in [9.17, 15) is 9.65 Å². The second-order valence-corrected chi connectivity index (χ2v) is 6.06. The lowest BCUT2D eigenvalue weighted by Crippen LogP contribution is -2.58. The molecule has 6 nitrogen and oxygen atoms in total. The van der Waals surface area contributed by atoms with Crippen molar-refractivity contribution in [2.75, 3.05) is 19.8 Å². The fraction of sp³-hybridized carbons (Fsp3) is 0.800. The number of hydrogen-bond acceptors (Lipinski definition) is 5. The Bertz CT molecular complexity index is 529. The lowest BCUT2D eigenvalue weighted by molar-refractivity contribution is -0.138. The van der Waals surface area contributed by atoms with Gasteiger partial charge in [0.2, 0.25) is 0 Å². The van der Waals surface area contributed by atoms with Gasteiger partial charge in [-0.2, -0.15) is 10.4 Å². The van der Waals surface area contributed by atoms with Gasteiger partial charge in [-0.1, -0.05) is 0 Å². The third kappa shape index (κ3) is 2.85. The zero-order valence-electron chi connectivity index (χ0n) is 12.7. The molecule has 120 valence electrons. The molecule has 22 heavy (non-hydrogen) atoms. The summed E-state index contributed by atoms with van der Waals surface area (Å²) in [6, 6.07) is 2.18. The van der Waals surface area contributed by atoms with Crippen LogP contribution in [0, 0.1) is 11.3 Å². The van der Waals surface area contributed by atoms with Crippen LogP contribution in [0.5, 0.6) is 0 Å². The zero-order chi connectivity index (χ0) is 15.4. The summed E-state index contributed by atoms with van der Waals surface area (Å²) in [7, 11) is 0. The third-order valence-electron chi connectivity index (χ3n) is 4.75. The molecule has 0 bridgehead atoms. The zero-order valence-corrected chi connectivity index (χ0v) is 12.7. The summed E-state index contributed by atoms with van der Waals surface area (Å²) >= 11 is 0. The van der Waals surface area contributed by atoms with Crippen LogP contribution in [0.1, 0.15) is 37.9 Å². The molecule has 2 saturated heterocycles. The largest absolute Gasteiger partial charge is 0.372 e. The number of aromatic nitrogens is 3. The van der Waals surface area contributed by atoms with Crippen molar-refractivity contribution in [2.24, 2.45) is 0 Å². The van der Waals surface area contributed by atoms with Crippen LogP contribution >= 0.6 is 0 Å². The summed E-state index contributed by atoms with van der Waals surface area (Å²) in [6.45, 7) is 1.84. The molecule has 0 aliphatic carbocycles. The first-order valence-electron chi connectivity index (χ1n) is 7.99. The number of ether oxygens (including phenoxy) is 1. The molecule has 0 radical (unpaired) electrons. The molecular weight excluding hydrogens is 285 g/mol. The fourth-order valence-electron chi connectivity index (χ4n) is 3.70. The number of rotatable bonds is 4. The highest BCUT2D eigenvalue weighted by Gasteiger charge is 2.47. The standard InChI is InChI=1S/C15H22FN5O/c16-6-8-21-14(18-12-19-21)11-20-7-3-5-15(13(20)10-17)4-1-2-9-22-15/h12-13H,1-9,11H2/t13-,15+/m1/s1. The molecule has 2 aliphatic heterocycles. The Kier molecular flexibility index (Phi) is 4.69. The molecule has 0 saturated carbocycles. The first-order chi connectivity index (χ1) is 10.8. The van der Waals surface area contributed by atoms with Crippen molar-refractivity contribution in [2.45, 2.75) is 56.8 Å². The second-order valence-electron chi connectivity index (χ2n) is 6.06. The van der Waals surface area contributed by atoms with E-state index in [1.54, 1.807) is 4.68 Å². The molecule has 0 N–H and O–H groups in total. The van der Waals surface area contributed by atoms with E-state index in [2.05, 4.69) is 21.1 Å². The van der Waals surface area contributed by atoms with Crippen molar-refractivity contribution >= 4 is 0 Å². The predicted octanol–water partition coefficient (Wildman–Crippen LogP) is 1.67. The lowest BCUT2D eigenvalue weighted by Gasteiger charge is -2.48. The van der Waals surface area contributed by atoms with Crippen LogP contribution in [0.3, 0.4) is 0 Å². The Morgan fingerprint density at radius 1 is 1.41 bits per heavy atom. The number of alkyl halides is 1. The van der Waals surface area contributed by atoms with E-state index in [4.69, 9.17) is 4.74 Å². The van der Waals surface area contributed by atoms with Gasteiger partial charge in [-0.15, -0.1) is 0 Å². The predicted molar refractivity (Wildman–Crippen MR) is 77.6 cm³/mol. The molecule has 0 amide bonds. The quantitative estimate of drug-likeness (QED) is 0.846. The van der Waals surface area contributed by atoms with E-state index in [1.165, 1.54) is 6.33 Å². The van der Waals surface area contributed by atoms with Crippen LogP contribution in [-0.2, 0) is 17.8 Å². The van der Waals surface area contributed by atoms with Gasteiger partial charge in [0.25, 0.3) is 0 Å². The highest BCUT2D eigenvalue weighted by molar-refractivity contribution is 5.10. The Labute approximate surface area is 129 Å². The number of nitrogens with zero attached hydrogens (tertiary/aromatic N) is 5. The summed E-state index contributed by atoms with van der Waals surface area (Å²) in [5.74, 6) is 0.714. The molecule has 7 heteroatoms. The molecule has 1 spiro atoms. The number of nitriles is 1. The fourth-order valence-corrected chi connectivity index (χ4v) is 3.70. The number of likely N-dealkylation sites (tertiary alicyclic amines) is 1. The van der Waals surface area contributed by atoms with E-state index in [-0.39, 0.29) is 18.2 Å². The normalized spacial score (nSPS) is 29.5. The van der Waals surface area contributed by atoms with Gasteiger partial charge in [0.05, 0.1) is 24.8 Å². The Morgan fingerprint density at radius 3 is 3.00 bits per heavy atom. The molecular formula is C15H22FN5O. The summed E-state index contributed by atoms with van der Waals surface area (Å²) in [5.41, 5.74) is -0.337. The van der Waals surface area contributed by atoms with Crippen LogP contribution in [0.2, 0.25) is 0 Å². The van der Waals surface area contributed by atoms with Crippen LogP contribution in [0.4, 0.5) is 4.39 Å². The monoisotopic (exact) mass is 307 g/mol. The average molecular weight is 307 g/mol. The van der Waals surface area contributed by atoms with Gasteiger partial charge in [0.1, 0.15) is 24.9 Å². The molecule has 2 atom stereocenters. The average Bonchev–Trinajstić information content (AvgIpc) is 2.96. The van der Waals surface area contributed by atoms with Crippen LogP contribution in [0.15, 0.2) is 6.33 Å². The Balaban J connectivity index is 1.77. The maximum atomic E-state index is 12.6. The van der Waals surface area contributed by atoms with Gasteiger partial charge >= 0.3 is 0 Å². The third-order valence-corrected chi connectivity index (χ3v) is 4.75. The van der Waals surface area contributed by atoms with Crippen molar-refractivity contribution in [3.63, 3.8) is 0 Å². The van der Waals surface area contributed by atoms with Gasteiger partial charge in [0.15, 0.2) is 0 Å². The SMILES string of the molecule is N#C[C@H]1N(Cc2ncnn2CCF)CCC[C@@]12CCCCO2. The van der Waals surface area contributed by atoms with Crippen molar-refractivity contribution in [1.29, 1.82) is 5.26 Å². The smallest absolute Gasteiger partial charge is 0.141 e. The van der Waals surface area contributed by atoms with Gasteiger partial charge in [0, 0.05) is 13.2 Å². The number of hydrogen-bond donors (Lipinski definition) is 0. The topological polar surface area (TPSA) is 67.0 Å². The molecule has 0 unspecified atom stereocenters. The van der Waals surface area contributed by atoms with E-state index in [0.717, 1.165) is 45.3 Å². The number of piperidine rings is 1. The van der Waals surface area contributed by atoms with E-state index in [0.29, 0.717) is 12.4 Å². The molecule has 3 heterocycles. The van der Waals surface area contributed by atoms with Crippen LogP contribution < -0.4 is 0 Å². The van der Waals surface area contributed by atoms with Crippen molar-refractivity contribution in [1.82, 2.24) is 19.7 Å². The van der Waals surface area contributed by atoms with E-state index in [1.807, 2.05) is 0 Å². The molecule has 2 aliphatic rings. The second kappa shape index (κ2) is 6.71. The number of aryl methyl sites for hydroxylation is 1. The van der Waals surface area contributed by atoms with Gasteiger partial charge in [-0.3, -0.25) is 4.90 Å². The summed E-state index contributed by atoms with van der Waals surface area (Å²) in [4.78, 5) is 6.34. The van der Waals surface area contributed by atoms with Crippen LogP contribution in [-0.4, -0.2) is 51.1 Å². The first-order valence-corrected chi connectivity index (χ1v) is 7.99. The highest BCUT2D eigenvalue weighted by atomic mass is 19.1. The van der Waals surface area contributed by atoms with Crippen molar-refractivity contribution in [3.05, 3.63) is 12.2 Å². The van der Waals surface area contributed by atoms with E-state index >= 15 is 0 Å². The maximum absolute atomic E-state index is 12.6. The Hall–Kier alpha value is -1.52. The minimum Gasteiger partial charge on any atom is -0.372 e. The molecule has 0 aromatic carbocycles. The van der Waals surface area contributed by atoms with Gasteiger partial charge < -0.3 is 4.74 Å². The first kappa shape index (κ1) is 15.4. The molecule has 3 rings (SSSR count). The molecule has 1 aromatic heterocycles. The van der Waals surface area contributed by atoms with Crippen LogP contribution in [0.25, 0.3) is 0 Å². The maximum Gasteiger partial charge on any atom is 0.141 e. The van der Waals surface area contributed by atoms with Crippen molar-refractivity contribution in [3.8, 4) is 6.07 Å². The van der Waals surface area contributed by atoms with Crippen molar-refractivity contribution < 1.29 is 9.13 Å². The van der Waals surface area contributed by atoms with Gasteiger partial charge in [-0.05, 0) is 32.1 Å². The Morgan fingerprint density at radius 2 is 2.27 bits per heavy atom. The summed E-state index contributed by atoms with van der Waals surface area (Å²) in [5, 5.41) is 13.8. The lowest BCUT2D eigenvalue weighted by atomic mass is 9.79. The van der Waals surface area contributed by atoms with Gasteiger partial charge in [-0.25, -0.2) is 14.1 Å². The number of halogens is 1. The summed E-state index contributed by atoms with van der Waals surface area (Å²) < 4.78 is 20.2.